The molecular weight excluding hydrogens is 398 g/mol. The summed E-state index contributed by atoms with van der Waals surface area (Å²) in [5.41, 5.74) is 8.18. The van der Waals surface area contributed by atoms with Gasteiger partial charge in [-0.25, -0.2) is 0 Å². The molecule has 32 heavy (non-hydrogen) atoms. The van der Waals surface area contributed by atoms with Crippen LogP contribution in [0.25, 0.3) is 0 Å². The van der Waals surface area contributed by atoms with E-state index in [1.54, 1.807) is 7.11 Å². The second kappa shape index (κ2) is 10.5. The number of nitrogens with two attached hydrogens (primary N) is 1. The number of carbonyl (C=O) groups excluding carboxylic acids is 1. The fourth-order valence-electron chi connectivity index (χ4n) is 5.31. The molecule has 1 aliphatic carbocycles. The SMILES string of the molecule is COc1ccccc1N1CCN(CC[C@](N)(C(=O)C2CCCCC2)c2ccccc2)CC1. The van der Waals surface area contributed by atoms with Gasteiger partial charge < -0.3 is 15.4 Å². The molecule has 1 aliphatic heterocycles. The maximum Gasteiger partial charge on any atom is 0.160 e. The number of hydrogen-bond acceptors (Lipinski definition) is 5. The van der Waals surface area contributed by atoms with E-state index in [0.29, 0.717) is 6.42 Å². The van der Waals surface area contributed by atoms with Crippen LogP contribution in [0.15, 0.2) is 54.6 Å². The van der Waals surface area contributed by atoms with Gasteiger partial charge in [0, 0.05) is 38.6 Å². The van der Waals surface area contributed by atoms with Gasteiger partial charge in [-0.2, -0.15) is 0 Å². The lowest BCUT2D eigenvalue weighted by Crippen LogP contribution is -2.52. The highest BCUT2D eigenvalue weighted by Gasteiger charge is 2.40. The molecule has 4 rings (SSSR count). The van der Waals surface area contributed by atoms with Crippen LogP contribution in [0, 0.1) is 5.92 Å². The Bertz CT molecular complexity index is 873. The van der Waals surface area contributed by atoms with Crippen LogP contribution in [0.3, 0.4) is 0 Å². The Kier molecular flexibility index (Phi) is 7.48. The summed E-state index contributed by atoms with van der Waals surface area (Å²) in [4.78, 5) is 18.5. The van der Waals surface area contributed by atoms with Crippen molar-refractivity contribution < 1.29 is 9.53 Å². The monoisotopic (exact) mass is 435 g/mol. The molecule has 2 aromatic carbocycles. The summed E-state index contributed by atoms with van der Waals surface area (Å²) in [7, 11) is 1.73. The van der Waals surface area contributed by atoms with Crippen molar-refractivity contribution in [3.8, 4) is 5.75 Å². The lowest BCUT2D eigenvalue weighted by molar-refractivity contribution is -0.130. The maximum atomic E-state index is 13.6. The second-order valence-corrected chi connectivity index (χ2v) is 9.29. The van der Waals surface area contributed by atoms with E-state index in [2.05, 4.69) is 21.9 Å². The highest BCUT2D eigenvalue weighted by atomic mass is 16.5. The first kappa shape index (κ1) is 22.8. The third kappa shape index (κ3) is 5.00. The van der Waals surface area contributed by atoms with Gasteiger partial charge in [0.05, 0.1) is 12.8 Å². The Morgan fingerprint density at radius 1 is 0.969 bits per heavy atom. The molecule has 1 saturated heterocycles. The van der Waals surface area contributed by atoms with Gasteiger partial charge in [0.1, 0.15) is 11.3 Å². The molecule has 0 unspecified atom stereocenters. The van der Waals surface area contributed by atoms with Crippen LogP contribution in [0.4, 0.5) is 5.69 Å². The molecule has 1 saturated carbocycles. The zero-order chi connectivity index (χ0) is 22.4. The van der Waals surface area contributed by atoms with Crippen LogP contribution in [0.1, 0.15) is 44.1 Å². The van der Waals surface area contributed by atoms with E-state index in [4.69, 9.17) is 10.5 Å². The Morgan fingerprint density at radius 3 is 2.31 bits per heavy atom. The van der Waals surface area contributed by atoms with Crippen molar-refractivity contribution in [2.24, 2.45) is 11.7 Å². The first-order valence-electron chi connectivity index (χ1n) is 12.1. The quantitative estimate of drug-likeness (QED) is 0.673. The third-order valence-electron chi connectivity index (χ3n) is 7.33. The molecule has 1 atom stereocenters. The molecule has 2 fully saturated rings. The molecule has 5 nitrogen and oxygen atoms in total. The zero-order valence-electron chi connectivity index (χ0n) is 19.3. The van der Waals surface area contributed by atoms with Gasteiger partial charge >= 0.3 is 0 Å². The molecule has 5 heteroatoms. The van der Waals surface area contributed by atoms with Gasteiger partial charge in [-0.3, -0.25) is 9.69 Å². The van der Waals surface area contributed by atoms with Gasteiger partial charge in [0.25, 0.3) is 0 Å². The zero-order valence-corrected chi connectivity index (χ0v) is 19.3. The molecule has 2 aliphatic rings. The molecule has 0 spiro atoms. The molecule has 0 bridgehead atoms. The van der Waals surface area contributed by atoms with Crippen molar-refractivity contribution in [2.45, 2.75) is 44.1 Å². The van der Waals surface area contributed by atoms with Gasteiger partial charge in [-0.15, -0.1) is 0 Å². The number of carbonyl (C=O) groups is 1. The van der Waals surface area contributed by atoms with Crippen molar-refractivity contribution in [1.82, 2.24) is 4.90 Å². The Hall–Kier alpha value is -2.37. The fourth-order valence-corrected chi connectivity index (χ4v) is 5.31. The van der Waals surface area contributed by atoms with E-state index in [0.717, 1.165) is 75.4 Å². The minimum atomic E-state index is -0.900. The lowest BCUT2D eigenvalue weighted by Gasteiger charge is -2.39. The molecule has 2 N–H and O–H groups in total. The maximum absolute atomic E-state index is 13.6. The number of para-hydroxylation sites is 2. The Morgan fingerprint density at radius 2 is 1.62 bits per heavy atom. The predicted octanol–water partition coefficient (Wildman–Crippen LogP) is 4.21. The van der Waals surface area contributed by atoms with E-state index in [1.807, 2.05) is 42.5 Å². The number of hydrogen-bond donors (Lipinski definition) is 1. The van der Waals surface area contributed by atoms with Crippen molar-refractivity contribution in [3.05, 3.63) is 60.2 Å². The summed E-state index contributed by atoms with van der Waals surface area (Å²) in [5, 5.41) is 0. The van der Waals surface area contributed by atoms with E-state index >= 15 is 0 Å². The molecular formula is C27H37N3O2. The molecule has 2 aromatic rings. The Labute approximate surface area is 192 Å². The molecule has 0 amide bonds. The van der Waals surface area contributed by atoms with Crippen molar-refractivity contribution in [2.75, 3.05) is 44.7 Å². The minimum absolute atomic E-state index is 0.108. The van der Waals surface area contributed by atoms with Crippen LogP contribution >= 0.6 is 0 Å². The van der Waals surface area contributed by atoms with Gasteiger partial charge in [-0.1, -0.05) is 61.7 Å². The van der Waals surface area contributed by atoms with Crippen LogP contribution < -0.4 is 15.4 Å². The van der Waals surface area contributed by atoms with Crippen molar-refractivity contribution in [1.29, 1.82) is 0 Å². The van der Waals surface area contributed by atoms with E-state index in [9.17, 15) is 4.79 Å². The van der Waals surface area contributed by atoms with E-state index in [-0.39, 0.29) is 11.7 Å². The van der Waals surface area contributed by atoms with Crippen LogP contribution in [-0.2, 0) is 10.3 Å². The molecule has 1 heterocycles. The van der Waals surface area contributed by atoms with Crippen LogP contribution in [0.2, 0.25) is 0 Å². The molecule has 0 aromatic heterocycles. The first-order valence-corrected chi connectivity index (χ1v) is 12.1. The van der Waals surface area contributed by atoms with E-state index < -0.39 is 5.54 Å². The van der Waals surface area contributed by atoms with Crippen molar-refractivity contribution in [3.63, 3.8) is 0 Å². The van der Waals surface area contributed by atoms with Crippen LogP contribution in [0.5, 0.6) is 5.75 Å². The Balaban J connectivity index is 1.41. The minimum Gasteiger partial charge on any atom is -0.495 e. The average molecular weight is 436 g/mol. The number of piperazine rings is 1. The summed E-state index contributed by atoms with van der Waals surface area (Å²) < 4.78 is 5.54. The number of rotatable bonds is 8. The topological polar surface area (TPSA) is 58.8 Å². The van der Waals surface area contributed by atoms with E-state index in [1.165, 1.54) is 6.42 Å². The van der Waals surface area contributed by atoms with Gasteiger partial charge in [-0.05, 0) is 37.0 Å². The van der Waals surface area contributed by atoms with Crippen molar-refractivity contribution >= 4 is 11.5 Å². The standard InChI is InChI=1S/C27H37N3O2/c1-32-25-15-9-8-14-24(25)30-20-18-29(19-21-30)17-16-27(28,23-12-6-3-7-13-23)26(31)22-10-4-2-5-11-22/h3,6-9,12-15,22H,2,4-5,10-11,16-21,28H2,1H3/t27-/m1/s1. The normalized spacial score (nSPS) is 20.0. The number of nitrogens with zero attached hydrogens (tertiary/aromatic N) is 2. The first-order chi connectivity index (χ1) is 15.6. The summed E-state index contributed by atoms with van der Waals surface area (Å²) >= 11 is 0. The third-order valence-corrected chi connectivity index (χ3v) is 7.33. The fraction of sp³-hybridized carbons (Fsp3) is 0.519. The largest absolute Gasteiger partial charge is 0.495 e. The van der Waals surface area contributed by atoms with Gasteiger partial charge in [0.15, 0.2) is 5.78 Å². The summed E-state index contributed by atoms with van der Waals surface area (Å²) in [6.07, 6.45) is 6.17. The summed E-state index contributed by atoms with van der Waals surface area (Å²) in [5.74, 6) is 1.27. The summed E-state index contributed by atoms with van der Waals surface area (Å²) in [6, 6.07) is 18.2. The molecule has 0 radical (unpaired) electrons. The number of methoxy groups -OCH3 is 1. The smallest absolute Gasteiger partial charge is 0.160 e. The highest BCUT2D eigenvalue weighted by molar-refractivity contribution is 5.91. The predicted molar refractivity (Wildman–Crippen MR) is 130 cm³/mol. The molecule has 172 valence electrons. The average Bonchev–Trinajstić information content (AvgIpc) is 2.88. The van der Waals surface area contributed by atoms with Gasteiger partial charge in [0.2, 0.25) is 0 Å². The number of ketones is 1. The number of Topliss-reactive ketones (excluding diaryl/α,β-unsaturated/α-hetero) is 1. The highest BCUT2D eigenvalue weighted by Crippen LogP contribution is 2.34. The summed E-state index contributed by atoms with van der Waals surface area (Å²) in [6.45, 7) is 4.64. The lowest BCUT2D eigenvalue weighted by atomic mass is 9.74. The number of benzene rings is 2. The second-order valence-electron chi connectivity index (χ2n) is 9.29. The van der Waals surface area contributed by atoms with Crippen LogP contribution in [-0.4, -0.2) is 50.5 Å². The number of ether oxygens (including phenoxy) is 1. The number of anilines is 1.